The number of hydrogen-bond donors (Lipinski definition) is 3. The van der Waals surface area contributed by atoms with Crippen molar-refractivity contribution in [3.8, 4) is 11.1 Å². The average molecular weight is 473 g/mol. The third kappa shape index (κ3) is 5.87. The molecule has 0 aromatic heterocycles. The molecule has 0 bridgehead atoms. The summed E-state index contributed by atoms with van der Waals surface area (Å²) in [7, 11) is 0. The molecule has 1 unspecified atom stereocenters. The van der Waals surface area contributed by atoms with Gasteiger partial charge in [-0.25, -0.2) is 4.79 Å². The summed E-state index contributed by atoms with van der Waals surface area (Å²) < 4.78 is 5.48. The number of amides is 2. The van der Waals surface area contributed by atoms with Crippen molar-refractivity contribution in [3.63, 3.8) is 0 Å². The van der Waals surface area contributed by atoms with Crippen molar-refractivity contribution in [2.24, 2.45) is 0 Å². The summed E-state index contributed by atoms with van der Waals surface area (Å²) in [6, 6.07) is 23.4. The third-order valence-corrected chi connectivity index (χ3v) is 6.21. The van der Waals surface area contributed by atoms with E-state index in [4.69, 9.17) is 9.84 Å². The number of carboxylic acid groups (broad SMARTS) is 1. The van der Waals surface area contributed by atoms with Crippen LogP contribution in [-0.2, 0) is 14.3 Å². The van der Waals surface area contributed by atoms with Crippen LogP contribution in [0.15, 0.2) is 72.8 Å². The largest absolute Gasteiger partial charge is 0.481 e. The Balaban J connectivity index is 1.22. The number of rotatable bonds is 9. The number of carbonyl (C=O) groups excluding carboxylic acids is 2. The minimum Gasteiger partial charge on any atom is -0.481 e. The van der Waals surface area contributed by atoms with Gasteiger partial charge in [-0.15, -0.1) is 0 Å². The van der Waals surface area contributed by atoms with Gasteiger partial charge < -0.3 is 20.5 Å². The van der Waals surface area contributed by atoms with Crippen LogP contribution in [0.1, 0.15) is 48.3 Å². The summed E-state index contributed by atoms with van der Waals surface area (Å²) in [5.74, 6) is -1.22. The highest BCUT2D eigenvalue weighted by molar-refractivity contribution is 5.91. The van der Waals surface area contributed by atoms with E-state index in [9.17, 15) is 14.4 Å². The molecule has 0 radical (unpaired) electrons. The Morgan fingerprint density at radius 3 is 2.11 bits per heavy atom. The predicted octanol–water partition coefficient (Wildman–Crippen LogP) is 5.13. The first-order valence-electron chi connectivity index (χ1n) is 11.6. The van der Waals surface area contributed by atoms with Gasteiger partial charge in [-0.2, -0.15) is 0 Å². The predicted molar refractivity (Wildman–Crippen MR) is 133 cm³/mol. The number of carboxylic acids is 1. The minimum atomic E-state index is -0.848. The van der Waals surface area contributed by atoms with E-state index < -0.39 is 12.1 Å². The highest BCUT2D eigenvalue weighted by Crippen LogP contribution is 2.44. The number of nitrogens with one attached hydrogen (secondary N) is 2. The lowest BCUT2D eigenvalue weighted by Crippen LogP contribution is -2.29. The number of fused-ring (bicyclic) bond motifs is 3. The van der Waals surface area contributed by atoms with Crippen LogP contribution in [0.4, 0.5) is 10.5 Å². The van der Waals surface area contributed by atoms with Crippen LogP contribution in [0.3, 0.4) is 0 Å². The van der Waals surface area contributed by atoms with Crippen LogP contribution in [0.2, 0.25) is 0 Å². The fourth-order valence-corrected chi connectivity index (χ4v) is 4.43. The van der Waals surface area contributed by atoms with Gasteiger partial charge in [-0.1, -0.05) is 67.6 Å². The molecule has 0 spiro atoms. The maximum atomic E-state index is 12.2. The van der Waals surface area contributed by atoms with E-state index in [-0.39, 0.29) is 43.7 Å². The second-order valence-electron chi connectivity index (χ2n) is 8.67. The fourth-order valence-electron chi connectivity index (χ4n) is 4.43. The molecule has 35 heavy (non-hydrogen) atoms. The summed E-state index contributed by atoms with van der Waals surface area (Å²) in [5.41, 5.74) is 6.12. The molecule has 0 aliphatic heterocycles. The minimum absolute atomic E-state index is 0.0161. The molecule has 3 N–H and O–H groups in total. The van der Waals surface area contributed by atoms with Crippen molar-refractivity contribution in [3.05, 3.63) is 89.5 Å². The van der Waals surface area contributed by atoms with Gasteiger partial charge in [-0.05, 0) is 45.9 Å². The lowest BCUT2D eigenvalue weighted by molar-refractivity contribution is -0.137. The number of alkyl carbamates (subject to hydrolysis) is 1. The summed E-state index contributed by atoms with van der Waals surface area (Å²) >= 11 is 0. The Morgan fingerprint density at radius 2 is 1.51 bits per heavy atom. The zero-order valence-corrected chi connectivity index (χ0v) is 19.5. The zero-order valence-electron chi connectivity index (χ0n) is 19.5. The zero-order chi connectivity index (χ0) is 24.8. The molecule has 3 aromatic rings. The Hall–Kier alpha value is -4.13. The second kappa shape index (κ2) is 10.9. The summed E-state index contributed by atoms with van der Waals surface area (Å²) in [6.07, 6.45) is -0.411. The SMILES string of the molecule is CC(CC(=O)O)c1ccc(NC(=O)CCNC(=O)OCC2c3ccccc3-c3ccccc32)cc1. The maximum Gasteiger partial charge on any atom is 0.407 e. The molecule has 0 saturated heterocycles. The Bertz CT molecular complexity index is 1180. The van der Waals surface area contributed by atoms with Gasteiger partial charge in [-0.3, -0.25) is 9.59 Å². The molecule has 0 saturated carbocycles. The number of benzene rings is 3. The molecule has 4 rings (SSSR count). The molecule has 7 nitrogen and oxygen atoms in total. The first-order valence-corrected chi connectivity index (χ1v) is 11.6. The van der Waals surface area contributed by atoms with Gasteiger partial charge in [0.25, 0.3) is 0 Å². The molecule has 0 heterocycles. The molecule has 1 atom stereocenters. The van der Waals surface area contributed by atoms with E-state index in [0.29, 0.717) is 5.69 Å². The summed E-state index contributed by atoms with van der Waals surface area (Å²) in [4.78, 5) is 35.3. The van der Waals surface area contributed by atoms with Crippen LogP contribution in [0.25, 0.3) is 11.1 Å². The highest BCUT2D eigenvalue weighted by atomic mass is 16.5. The van der Waals surface area contributed by atoms with Crippen molar-refractivity contribution in [2.75, 3.05) is 18.5 Å². The Kier molecular flexibility index (Phi) is 7.45. The molecule has 180 valence electrons. The van der Waals surface area contributed by atoms with Crippen molar-refractivity contribution < 1.29 is 24.2 Å². The topological polar surface area (TPSA) is 105 Å². The highest BCUT2D eigenvalue weighted by Gasteiger charge is 2.28. The number of carbonyl (C=O) groups is 3. The average Bonchev–Trinajstić information content (AvgIpc) is 3.16. The maximum absolute atomic E-state index is 12.2. The second-order valence-corrected chi connectivity index (χ2v) is 8.67. The quantitative estimate of drug-likeness (QED) is 0.400. The molecule has 3 aromatic carbocycles. The van der Waals surface area contributed by atoms with Crippen molar-refractivity contribution in [1.82, 2.24) is 5.32 Å². The van der Waals surface area contributed by atoms with Crippen molar-refractivity contribution in [2.45, 2.75) is 31.6 Å². The molecule has 1 aliphatic carbocycles. The van der Waals surface area contributed by atoms with E-state index in [1.807, 2.05) is 31.2 Å². The van der Waals surface area contributed by atoms with Gasteiger partial charge >= 0.3 is 12.1 Å². The molecule has 0 fully saturated rings. The molecule has 7 heteroatoms. The van der Waals surface area contributed by atoms with E-state index in [2.05, 4.69) is 34.9 Å². The van der Waals surface area contributed by atoms with Gasteiger partial charge in [0.15, 0.2) is 0 Å². The van der Waals surface area contributed by atoms with Crippen LogP contribution in [0, 0.1) is 0 Å². The molecule has 2 amide bonds. The molecular formula is C28H28N2O5. The molecular weight excluding hydrogens is 444 g/mol. The lowest BCUT2D eigenvalue weighted by Gasteiger charge is -2.14. The normalized spacial score (nSPS) is 12.8. The first kappa shape index (κ1) is 24.0. The van der Waals surface area contributed by atoms with E-state index in [0.717, 1.165) is 27.8 Å². The van der Waals surface area contributed by atoms with E-state index in [1.54, 1.807) is 24.3 Å². The standard InChI is InChI=1S/C28H28N2O5/c1-18(16-27(32)33)19-10-12-20(13-11-19)30-26(31)14-15-29-28(34)35-17-25-23-8-4-2-6-21(23)22-7-3-5-9-24(22)25/h2-13,18,25H,14-17H2,1H3,(H,29,34)(H,30,31)(H,32,33). The van der Waals surface area contributed by atoms with E-state index in [1.165, 1.54) is 0 Å². The van der Waals surface area contributed by atoms with Gasteiger partial charge in [0.2, 0.25) is 5.91 Å². The van der Waals surface area contributed by atoms with Crippen molar-refractivity contribution >= 4 is 23.7 Å². The summed E-state index contributed by atoms with van der Waals surface area (Å²) in [6.45, 7) is 2.21. The molecule has 1 aliphatic rings. The lowest BCUT2D eigenvalue weighted by atomic mass is 9.98. The van der Waals surface area contributed by atoms with Crippen molar-refractivity contribution in [1.29, 1.82) is 0 Å². The number of hydrogen-bond acceptors (Lipinski definition) is 4. The Morgan fingerprint density at radius 1 is 0.914 bits per heavy atom. The van der Waals surface area contributed by atoms with Gasteiger partial charge in [0.05, 0.1) is 6.42 Å². The first-order chi connectivity index (χ1) is 16.9. The van der Waals surface area contributed by atoms with Crippen LogP contribution in [0.5, 0.6) is 0 Å². The number of anilines is 1. The van der Waals surface area contributed by atoms with Crippen LogP contribution in [-0.4, -0.2) is 36.2 Å². The third-order valence-electron chi connectivity index (χ3n) is 6.21. The van der Waals surface area contributed by atoms with Crippen LogP contribution >= 0.6 is 0 Å². The Labute approximate surface area is 204 Å². The fraction of sp³-hybridized carbons (Fsp3) is 0.250. The smallest absolute Gasteiger partial charge is 0.407 e. The van der Waals surface area contributed by atoms with Crippen LogP contribution < -0.4 is 10.6 Å². The monoisotopic (exact) mass is 472 g/mol. The van der Waals surface area contributed by atoms with Gasteiger partial charge in [0, 0.05) is 24.6 Å². The number of aliphatic carboxylic acids is 1. The van der Waals surface area contributed by atoms with E-state index >= 15 is 0 Å². The van der Waals surface area contributed by atoms with Gasteiger partial charge in [0.1, 0.15) is 6.61 Å². The number of ether oxygens (including phenoxy) is 1. The summed E-state index contributed by atoms with van der Waals surface area (Å²) in [5, 5.41) is 14.3.